The van der Waals surface area contributed by atoms with Crippen molar-refractivity contribution in [1.29, 1.82) is 0 Å². The number of oxazole rings is 1. The summed E-state index contributed by atoms with van der Waals surface area (Å²) in [7, 11) is 0. The summed E-state index contributed by atoms with van der Waals surface area (Å²) in [4.78, 5) is 4.55. The molecule has 2 aromatic rings. The molecule has 21 heavy (non-hydrogen) atoms. The van der Waals surface area contributed by atoms with Gasteiger partial charge >= 0.3 is 0 Å². The maximum Gasteiger partial charge on any atom is 0.198 e. The fourth-order valence-electron chi connectivity index (χ4n) is 2.84. The molecule has 5 heteroatoms. The van der Waals surface area contributed by atoms with E-state index in [1.807, 2.05) is 0 Å². The molecule has 2 atom stereocenters. The lowest BCUT2D eigenvalue weighted by molar-refractivity contribution is 0.148. The van der Waals surface area contributed by atoms with Crippen molar-refractivity contribution in [2.45, 2.75) is 57.7 Å². The molecule has 1 aromatic carbocycles. The van der Waals surface area contributed by atoms with E-state index >= 15 is 0 Å². The number of hydrogen-bond donors (Lipinski definition) is 2. The van der Waals surface area contributed by atoms with Crippen LogP contribution in [0.4, 0.5) is 0 Å². The Hall–Kier alpha value is -0.910. The number of nitrogens with one attached hydrogen (secondary N) is 1. The molecule has 1 fully saturated rings. The number of aliphatic hydroxyl groups excluding tert-OH is 1. The van der Waals surface area contributed by atoms with Crippen molar-refractivity contribution >= 4 is 27.0 Å². The van der Waals surface area contributed by atoms with Crippen LogP contribution in [-0.2, 0) is 6.54 Å². The molecule has 1 heterocycles. The SMILES string of the molecule is CC(C)c1nc2cc(CN[C@@H]3CCC[C@H]3O)cc(Br)c2o1. The van der Waals surface area contributed by atoms with Crippen LogP contribution in [0.2, 0.25) is 0 Å². The van der Waals surface area contributed by atoms with Crippen molar-refractivity contribution in [3.8, 4) is 0 Å². The molecule has 1 saturated carbocycles. The standard InChI is InChI=1S/C16H21BrN2O2/c1-9(2)16-19-13-7-10(6-11(17)15(13)21-16)8-18-12-4-3-5-14(12)20/h6-7,9,12,14,18,20H,3-5,8H2,1-2H3/t12-,14-/m1/s1. The van der Waals surface area contributed by atoms with Gasteiger partial charge in [0.2, 0.25) is 0 Å². The summed E-state index contributed by atoms with van der Waals surface area (Å²) in [6.45, 7) is 4.88. The van der Waals surface area contributed by atoms with Gasteiger partial charge in [-0.25, -0.2) is 4.98 Å². The number of benzene rings is 1. The van der Waals surface area contributed by atoms with Gasteiger partial charge in [-0.1, -0.05) is 13.8 Å². The average molecular weight is 353 g/mol. The summed E-state index contributed by atoms with van der Waals surface area (Å²) in [5.41, 5.74) is 2.84. The maximum absolute atomic E-state index is 9.86. The van der Waals surface area contributed by atoms with Gasteiger partial charge in [-0.05, 0) is 52.9 Å². The van der Waals surface area contributed by atoms with Crippen molar-refractivity contribution < 1.29 is 9.52 Å². The molecule has 2 N–H and O–H groups in total. The van der Waals surface area contributed by atoms with E-state index in [2.05, 4.69) is 52.2 Å². The fourth-order valence-corrected chi connectivity index (χ4v) is 3.42. The molecular formula is C16H21BrN2O2. The highest BCUT2D eigenvalue weighted by molar-refractivity contribution is 9.10. The molecule has 3 rings (SSSR count). The Morgan fingerprint density at radius 3 is 2.90 bits per heavy atom. The van der Waals surface area contributed by atoms with Crippen molar-refractivity contribution in [2.24, 2.45) is 0 Å². The van der Waals surface area contributed by atoms with E-state index in [0.717, 1.165) is 52.8 Å². The lowest BCUT2D eigenvalue weighted by Gasteiger charge is -2.16. The normalized spacial score (nSPS) is 22.5. The zero-order valence-electron chi connectivity index (χ0n) is 12.4. The van der Waals surface area contributed by atoms with Crippen LogP contribution in [0.25, 0.3) is 11.1 Å². The van der Waals surface area contributed by atoms with Gasteiger partial charge in [0.15, 0.2) is 11.5 Å². The third-order valence-electron chi connectivity index (χ3n) is 4.06. The Labute approximate surface area is 133 Å². The summed E-state index contributed by atoms with van der Waals surface area (Å²) in [5, 5.41) is 13.3. The largest absolute Gasteiger partial charge is 0.439 e. The summed E-state index contributed by atoms with van der Waals surface area (Å²) >= 11 is 3.56. The first kappa shape index (κ1) is 15.0. The van der Waals surface area contributed by atoms with E-state index in [1.165, 1.54) is 0 Å². The monoisotopic (exact) mass is 352 g/mol. The summed E-state index contributed by atoms with van der Waals surface area (Å²) in [6.07, 6.45) is 2.84. The topological polar surface area (TPSA) is 58.3 Å². The van der Waals surface area contributed by atoms with Gasteiger partial charge in [0.05, 0.1) is 10.6 Å². The van der Waals surface area contributed by atoms with Crippen LogP contribution >= 0.6 is 15.9 Å². The van der Waals surface area contributed by atoms with Crippen molar-refractivity contribution in [3.63, 3.8) is 0 Å². The number of aromatic nitrogens is 1. The molecule has 0 saturated heterocycles. The molecule has 0 unspecified atom stereocenters. The van der Waals surface area contributed by atoms with Crippen molar-refractivity contribution in [2.75, 3.05) is 0 Å². The lowest BCUT2D eigenvalue weighted by atomic mass is 10.1. The second-order valence-electron chi connectivity index (χ2n) is 6.12. The molecule has 0 amide bonds. The second-order valence-corrected chi connectivity index (χ2v) is 6.97. The summed E-state index contributed by atoms with van der Waals surface area (Å²) < 4.78 is 6.73. The Bertz CT molecular complexity index is 638. The minimum Gasteiger partial charge on any atom is -0.439 e. The van der Waals surface area contributed by atoms with Crippen molar-refractivity contribution in [1.82, 2.24) is 10.3 Å². The van der Waals surface area contributed by atoms with Gasteiger partial charge in [0.25, 0.3) is 0 Å². The summed E-state index contributed by atoms with van der Waals surface area (Å²) in [6, 6.07) is 4.33. The van der Waals surface area contributed by atoms with Crippen LogP contribution in [0, 0.1) is 0 Å². The Morgan fingerprint density at radius 2 is 2.24 bits per heavy atom. The van der Waals surface area contributed by atoms with E-state index in [9.17, 15) is 5.11 Å². The second kappa shape index (κ2) is 6.07. The molecule has 0 bridgehead atoms. The van der Waals surface area contributed by atoms with Crippen LogP contribution in [0.5, 0.6) is 0 Å². The molecule has 0 spiro atoms. The van der Waals surface area contributed by atoms with Gasteiger partial charge in [0, 0.05) is 18.5 Å². The van der Waals surface area contributed by atoms with Crippen molar-refractivity contribution in [3.05, 3.63) is 28.1 Å². The Morgan fingerprint density at radius 1 is 1.43 bits per heavy atom. The zero-order chi connectivity index (χ0) is 15.0. The van der Waals surface area contributed by atoms with Gasteiger partial charge in [-0.2, -0.15) is 0 Å². The fraction of sp³-hybridized carbons (Fsp3) is 0.562. The number of aliphatic hydroxyl groups is 1. The lowest BCUT2D eigenvalue weighted by Crippen LogP contribution is -2.35. The van der Waals surface area contributed by atoms with E-state index in [4.69, 9.17) is 4.42 Å². The highest BCUT2D eigenvalue weighted by atomic mass is 79.9. The zero-order valence-corrected chi connectivity index (χ0v) is 14.0. The smallest absolute Gasteiger partial charge is 0.198 e. The number of hydrogen-bond acceptors (Lipinski definition) is 4. The van der Waals surface area contributed by atoms with Gasteiger partial charge in [-0.15, -0.1) is 0 Å². The van der Waals surface area contributed by atoms with Crippen LogP contribution < -0.4 is 5.32 Å². The quantitative estimate of drug-likeness (QED) is 0.880. The third kappa shape index (κ3) is 3.15. The van der Waals surface area contributed by atoms with E-state index in [0.29, 0.717) is 0 Å². The van der Waals surface area contributed by atoms with Gasteiger partial charge in [0.1, 0.15) is 5.52 Å². The Kier molecular flexibility index (Phi) is 4.33. The third-order valence-corrected chi connectivity index (χ3v) is 4.65. The first-order valence-corrected chi connectivity index (χ1v) is 8.34. The molecule has 1 aliphatic rings. The number of rotatable bonds is 4. The highest BCUT2D eigenvalue weighted by Gasteiger charge is 2.24. The average Bonchev–Trinajstić information content (AvgIpc) is 3.03. The molecular weight excluding hydrogens is 332 g/mol. The Balaban J connectivity index is 1.79. The first-order valence-electron chi connectivity index (χ1n) is 7.55. The predicted octanol–water partition coefficient (Wildman–Crippen LogP) is 3.72. The van der Waals surface area contributed by atoms with E-state index in [-0.39, 0.29) is 18.1 Å². The molecule has 1 aliphatic carbocycles. The molecule has 0 aliphatic heterocycles. The number of halogens is 1. The molecule has 0 radical (unpaired) electrons. The molecule has 4 nitrogen and oxygen atoms in total. The number of nitrogens with zero attached hydrogens (tertiary/aromatic N) is 1. The minimum absolute atomic E-state index is 0.211. The van der Waals surface area contributed by atoms with E-state index in [1.54, 1.807) is 0 Å². The first-order chi connectivity index (χ1) is 10.0. The predicted molar refractivity (Wildman–Crippen MR) is 86.3 cm³/mol. The van der Waals surface area contributed by atoms with Crippen LogP contribution in [0.1, 0.15) is 50.5 Å². The maximum atomic E-state index is 9.86. The molecule has 1 aromatic heterocycles. The van der Waals surface area contributed by atoms with Crippen LogP contribution in [-0.4, -0.2) is 22.2 Å². The van der Waals surface area contributed by atoms with E-state index < -0.39 is 0 Å². The minimum atomic E-state index is -0.211. The highest BCUT2D eigenvalue weighted by Crippen LogP contribution is 2.29. The molecule has 114 valence electrons. The summed E-state index contributed by atoms with van der Waals surface area (Å²) in [5.74, 6) is 1.04. The number of fused-ring (bicyclic) bond motifs is 1. The van der Waals surface area contributed by atoms with Gasteiger partial charge < -0.3 is 14.8 Å². The van der Waals surface area contributed by atoms with Crippen LogP contribution in [0.3, 0.4) is 0 Å². The van der Waals surface area contributed by atoms with Crippen LogP contribution in [0.15, 0.2) is 21.0 Å². The van der Waals surface area contributed by atoms with Gasteiger partial charge in [-0.3, -0.25) is 0 Å².